The van der Waals surface area contributed by atoms with Crippen molar-refractivity contribution in [2.45, 2.75) is 51.6 Å². The molecule has 0 aromatic carbocycles. The third kappa shape index (κ3) is 4.19. The molecule has 2 fully saturated rings. The van der Waals surface area contributed by atoms with Crippen molar-refractivity contribution in [3.8, 4) is 0 Å². The van der Waals surface area contributed by atoms with Gasteiger partial charge in [0, 0.05) is 36.0 Å². The van der Waals surface area contributed by atoms with Crippen molar-refractivity contribution < 1.29 is 14.3 Å². The minimum atomic E-state index is -0.194. The minimum Gasteiger partial charge on any atom is -0.447 e. The van der Waals surface area contributed by atoms with Crippen LogP contribution >= 0.6 is 15.9 Å². The fourth-order valence-electron chi connectivity index (χ4n) is 3.81. The summed E-state index contributed by atoms with van der Waals surface area (Å²) in [6.45, 7) is 6.17. The third-order valence-corrected chi connectivity index (χ3v) is 6.01. The van der Waals surface area contributed by atoms with Gasteiger partial charge in [0.15, 0.2) is 0 Å². The number of rotatable bonds is 5. The van der Waals surface area contributed by atoms with E-state index >= 15 is 0 Å². The number of pyridine rings is 1. The highest BCUT2D eigenvalue weighted by molar-refractivity contribution is 9.10. The summed E-state index contributed by atoms with van der Waals surface area (Å²) in [5, 5.41) is 0. The molecule has 3 rings (SSSR count). The van der Waals surface area contributed by atoms with Crippen LogP contribution in [0.25, 0.3) is 0 Å². The SMILES string of the molecule is CC[C@H](C)[C@H]1COC(=O)N1C1CCN(C(=O)Cc2cncc(Br)c2)CC1. The van der Waals surface area contributed by atoms with E-state index in [1.807, 2.05) is 15.9 Å². The lowest BCUT2D eigenvalue weighted by atomic mass is 9.95. The maximum atomic E-state index is 12.6. The van der Waals surface area contributed by atoms with Crippen LogP contribution in [0.3, 0.4) is 0 Å². The molecule has 0 spiro atoms. The Kier molecular flexibility index (Phi) is 6.16. The molecule has 142 valence electrons. The van der Waals surface area contributed by atoms with Gasteiger partial charge in [-0.25, -0.2) is 4.79 Å². The lowest BCUT2D eigenvalue weighted by molar-refractivity contribution is -0.131. The van der Waals surface area contributed by atoms with Crippen molar-refractivity contribution in [1.82, 2.24) is 14.8 Å². The monoisotopic (exact) mass is 423 g/mol. The number of cyclic esters (lactones) is 1. The number of nitrogens with zero attached hydrogens (tertiary/aromatic N) is 3. The first kappa shape index (κ1) is 19.1. The molecule has 2 atom stereocenters. The second-order valence-electron chi connectivity index (χ2n) is 7.24. The Morgan fingerprint density at radius 1 is 1.38 bits per heavy atom. The molecule has 26 heavy (non-hydrogen) atoms. The average molecular weight is 424 g/mol. The number of hydrogen-bond donors (Lipinski definition) is 0. The molecule has 0 bridgehead atoms. The van der Waals surface area contributed by atoms with E-state index in [0.29, 0.717) is 32.0 Å². The van der Waals surface area contributed by atoms with Crippen LogP contribution in [0.1, 0.15) is 38.7 Å². The Bertz CT molecular complexity index is 661. The Morgan fingerprint density at radius 2 is 2.12 bits per heavy atom. The van der Waals surface area contributed by atoms with Crippen LogP contribution in [0.2, 0.25) is 0 Å². The Hall–Kier alpha value is -1.63. The van der Waals surface area contributed by atoms with E-state index in [4.69, 9.17) is 4.74 Å². The Labute approximate surface area is 163 Å². The third-order valence-electron chi connectivity index (χ3n) is 5.57. The van der Waals surface area contributed by atoms with Gasteiger partial charge in [-0.2, -0.15) is 0 Å². The van der Waals surface area contributed by atoms with Gasteiger partial charge >= 0.3 is 6.09 Å². The summed E-state index contributed by atoms with van der Waals surface area (Å²) in [5.41, 5.74) is 0.909. The molecule has 2 saturated heterocycles. The van der Waals surface area contributed by atoms with Crippen molar-refractivity contribution in [2.75, 3.05) is 19.7 Å². The van der Waals surface area contributed by atoms with Crippen molar-refractivity contribution in [3.05, 3.63) is 28.5 Å². The highest BCUT2D eigenvalue weighted by Crippen LogP contribution is 2.29. The van der Waals surface area contributed by atoms with Crippen LogP contribution in [0.15, 0.2) is 22.9 Å². The lowest BCUT2D eigenvalue weighted by Crippen LogP contribution is -2.51. The molecule has 0 saturated carbocycles. The zero-order valence-electron chi connectivity index (χ0n) is 15.4. The van der Waals surface area contributed by atoms with E-state index < -0.39 is 0 Å². The molecule has 2 amide bonds. The van der Waals surface area contributed by atoms with Crippen LogP contribution in [0.4, 0.5) is 4.79 Å². The first-order valence-electron chi connectivity index (χ1n) is 9.32. The second-order valence-corrected chi connectivity index (χ2v) is 8.15. The van der Waals surface area contributed by atoms with Crippen molar-refractivity contribution in [2.24, 2.45) is 5.92 Å². The number of carbonyl (C=O) groups is 2. The zero-order valence-corrected chi connectivity index (χ0v) is 16.9. The standard InChI is InChI=1S/C19H26BrN3O3/c1-3-13(2)17-12-26-19(25)23(17)16-4-6-22(7-5-16)18(24)9-14-8-15(20)11-21-10-14/h8,10-11,13,16-17H,3-7,9,12H2,1-2H3/t13-,17+/m0/s1. The number of ether oxygens (including phenoxy) is 1. The summed E-state index contributed by atoms with van der Waals surface area (Å²) < 4.78 is 6.19. The van der Waals surface area contributed by atoms with E-state index in [1.165, 1.54) is 0 Å². The van der Waals surface area contributed by atoms with Crippen LogP contribution in [-0.4, -0.2) is 58.6 Å². The number of halogens is 1. The summed E-state index contributed by atoms with van der Waals surface area (Å²) in [6.07, 6.45) is 6.25. The predicted octanol–water partition coefficient (Wildman–Crippen LogP) is 3.24. The van der Waals surface area contributed by atoms with Gasteiger partial charge in [-0.3, -0.25) is 14.7 Å². The van der Waals surface area contributed by atoms with Crippen molar-refractivity contribution in [1.29, 1.82) is 0 Å². The molecule has 6 nitrogen and oxygen atoms in total. The molecular formula is C19H26BrN3O3. The topological polar surface area (TPSA) is 62.7 Å². The molecule has 0 radical (unpaired) electrons. The average Bonchev–Trinajstić information content (AvgIpc) is 3.02. The number of aromatic nitrogens is 1. The molecule has 3 heterocycles. The van der Waals surface area contributed by atoms with Gasteiger partial charge in [0.2, 0.25) is 5.91 Å². The highest BCUT2D eigenvalue weighted by atomic mass is 79.9. The summed E-state index contributed by atoms with van der Waals surface area (Å²) >= 11 is 3.39. The Morgan fingerprint density at radius 3 is 2.77 bits per heavy atom. The molecule has 0 unspecified atom stereocenters. The van der Waals surface area contributed by atoms with E-state index in [-0.39, 0.29) is 24.1 Å². The molecule has 1 aromatic heterocycles. The van der Waals surface area contributed by atoms with Gasteiger partial charge in [0.25, 0.3) is 0 Å². The maximum absolute atomic E-state index is 12.6. The maximum Gasteiger partial charge on any atom is 0.410 e. The number of piperidine rings is 1. The van der Waals surface area contributed by atoms with Crippen LogP contribution in [-0.2, 0) is 16.0 Å². The van der Waals surface area contributed by atoms with Crippen molar-refractivity contribution >= 4 is 27.9 Å². The fourth-order valence-corrected chi connectivity index (χ4v) is 4.22. The Balaban J connectivity index is 1.56. The second kappa shape index (κ2) is 8.37. The summed E-state index contributed by atoms with van der Waals surface area (Å²) in [7, 11) is 0. The van der Waals surface area contributed by atoms with Gasteiger partial charge < -0.3 is 9.64 Å². The highest BCUT2D eigenvalue weighted by Gasteiger charge is 2.41. The molecule has 1 aromatic rings. The lowest BCUT2D eigenvalue weighted by Gasteiger charge is -2.39. The van der Waals surface area contributed by atoms with E-state index in [0.717, 1.165) is 29.3 Å². The smallest absolute Gasteiger partial charge is 0.410 e. The molecule has 2 aliphatic rings. The van der Waals surface area contributed by atoms with Gasteiger partial charge in [-0.15, -0.1) is 0 Å². The number of amides is 2. The largest absolute Gasteiger partial charge is 0.447 e. The van der Waals surface area contributed by atoms with Crippen LogP contribution in [0.5, 0.6) is 0 Å². The van der Waals surface area contributed by atoms with Crippen molar-refractivity contribution in [3.63, 3.8) is 0 Å². The first-order valence-corrected chi connectivity index (χ1v) is 10.1. The van der Waals surface area contributed by atoms with Gasteiger partial charge in [0.1, 0.15) is 6.61 Å². The molecule has 0 aliphatic carbocycles. The molecule has 0 N–H and O–H groups in total. The number of carbonyl (C=O) groups excluding carboxylic acids is 2. The van der Waals surface area contributed by atoms with Gasteiger partial charge in [-0.1, -0.05) is 20.3 Å². The van der Waals surface area contributed by atoms with Crippen LogP contribution in [0, 0.1) is 5.92 Å². The fraction of sp³-hybridized carbons (Fsp3) is 0.632. The predicted molar refractivity (Wildman–Crippen MR) is 102 cm³/mol. The van der Waals surface area contributed by atoms with Crippen LogP contribution < -0.4 is 0 Å². The number of hydrogen-bond acceptors (Lipinski definition) is 4. The minimum absolute atomic E-state index is 0.117. The zero-order chi connectivity index (χ0) is 18.7. The first-order chi connectivity index (χ1) is 12.5. The van der Waals surface area contributed by atoms with E-state index in [9.17, 15) is 9.59 Å². The summed E-state index contributed by atoms with van der Waals surface area (Å²) in [4.78, 5) is 32.7. The summed E-state index contributed by atoms with van der Waals surface area (Å²) in [6, 6.07) is 2.25. The molecule has 7 heteroatoms. The van der Waals surface area contributed by atoms with Gasteiger partial charge in [-0.05, 0) is 46.3 Å². The molecule has 2 aliphatic heterocycles. The van der Waals surface area contributed by atoms with E-state index in [1.54, 1.807) is 12.4 Å². The quantitative estimate of drug-likeness (QED) is 0.728. The number of likely N-dealkylation sites (tertiary alicyclic amines) is 1. The van der Waals surface area contributed by atoms with Gasteiger partial charge in [0.05, 0.1) is 12.5 Å². The summed E-state index contributed by atoms with van der Waals surface area (Å²) in [5.74, 6) is 0.538. The molecular weight excluding hydrogens is 398 g/mol. The van der Waals surface area contributed by atoms with E-state index in [2.05, 4.69) is 34.8 Å². The normalized spacial score (nSPS) is 22.4.